The number of rotatable bonds is 7. The molecule has 1 aromatic heterocycles. The lowest BCUT2D eigenvalue weighted by atomic mass is 9.96. The zero-order valence-corrected chi connectivity index (χ0v) is 14.9. The molecule has 1 heterocycles. The molecule has 24 heavy (non-hydrogen) atoms. The van der Waals surface area contributed by atoms with Crippen LogP contribution in [0, 0.1) is 11.7 Å². The molecule has 128 valence electrons. The van der Waals surface area contributed by atoms with E-state index in [1.165, 1.54) is 23.9 Å². The van der Waals surface area contributed by atoms with Crippen LogP contribution in [0.4, 0.5) is 4.39 Å². The highest BCUT2D eigenvalue weighted by Crippen LogP contribution is 2.26. The number of carbonyl (C=O) groups is 1. The molecule has 0 saturated carbocycles. The molecule has 1 N–H and O–H groups in total. The van der Waals surface area contributed by atoms with Crippen LogP contribution in [0.1, 0.15) is 43.3 Å². The first kappa shape index (κ1) is 18.4. The molecule has 0 aliphatic rings. The maximum absolute atomic E-state index is 13.1. The fraction of sp³-hybridized carbons (Fsp3) is 0.389. The molecule has 2 rings (SSSR count). The Balaban J connectivity index is 1.92. The number of amides is 1. The summed E-state index contributed by atoms with van der Waals surface area (Å²) in [6.07, 6.45) is 4.99. The Bertz CT molecular complexity index is 649. The summed E-state index contributed by atoms with van der Waals surface area (Å²) < 4.78 is 13.1. The van der Waals surface area contributed by atoms with E-state index in [-0.39, 0.29) is 28.9 Å². The highest BCUT2D eigenvalue weighted by atomic mass is 32.2. The maximum Gasteiger partial charge on any atom is 0.230 e. The van der Waals surface area contributed by atoms with Crippen LogP contribution in [0.2, 0.25) is 0 Å². The lowest BCUT2D eigenvalue weighted by Crippen LogP contribution is -2.33. The summed E-state index contributed by atoms with van der Waals surface area (Å²) in [5.41, 5.74) is 1.76. The molecule has 0 spiro atoms. The summed E-state index contributed by atoms with van der Waals surface area (Å²) in [6.45, 7) is 6.06. The van der Waals surface area contributed by atoms with Crippen molar-refractivity contribution in [1.82, 2.24) is 15.3 Å². The van der Waals surface area contributed by atoms with Crippen molar-refractivity contribution >= 4 is 17.7 Å². The zero-order chi connectivity index (χ0) is 17.5. The number of benzene rings is 1. The summed E-state index contributed by atoms with van der Waals surface area (Å²) >= 11 is 1.51. The van der Waals surface area contributed by atoms with E-state index < -0.39 is 0 Å². The van der Waals surface area contributed by atoms with Crippen molar-refractivity contribution in [2.24, 2.45) is 5.92 Å². The van der Waals surface area contributed by atoms with Crippen LogP contribution in [0.3, 0.4) is 0 Å². The van der Waals surface area contributed by atoms with Crippen molar-refractivity contribution in [1.29, 1.82) is 0 Å². The van der Waals surface area contributed by atoms with Crippen molar-refractivity contribution in [3.63, 3.8) is 0 Å². The van der Waals surface area contributed by atoms with Gasteiger partial charge in [-0.2, -0.15) is 0 Å². The predicted molar refractivity (Wildman–Crippen MR) is 95.0 cm³/mol. The molecule has 0 unspecified atom stereocenters. The third kappa shape index (κ3) is 5.30. The lowest BCUT2D eigenvalue weighted by Gasteiger charge is -2.23. The normalized spacial score (nSPS) is 13.5. The summed E-state index contributed by atoms with van der Waals surface area (Å²) in [7, 11) is 0. The fourth-order valence-electron chi connectivity index (χ4n) is 2.33. The highest BCUT2D eigenvalue weighted by Gasteiger charge is 2.19. The van der Waals surface area contributed by atoms with E-state index in [2.05, 4.69) is 15.3 Å². The van der Waals surface area contributed by atoms with E-state index in [4.69, 9.17) is 0 Å². The molecule has 1 aromatic carbocycles. The van der Waals surface area contributed by atoms with E-state index in [0.717, 1.165) is 11.3 Å². The molecule has 2 atom stereocenters. The van der Waals surface area contributed by atoms with Gasteiger partial charge in [0.2, 0.25) is 5.91 Å². The van der Waals surface area contributed by atoms with Crippen LogP contribution < -0.4 is 5.32 Å². The van der Waals surface area contributed by atoms with E-state index >= 15 is 0 Å². The first-order chi connectivity index (χ1) is 11.5. The second-order valence-electron chi connectivity index (χ2n) is 5.92. The topological polar surface area (TPSA) is 54.9 Å². The van der Waals surface area contributed by atoms with Gasteiger partial charge >= 0.3 is 0 Å². The Morgan fingerprint density at radius 1 is 1.21 bits per heavy atom. The van der Waals surface area contributed by atoms with Crippen LogP contribution in [0.5, 0.6) is 0 Å². The zero-order valence-electron chi connectivity index (χ0n) is 14.1. The molecule has 1 amide bonds. The van der Waals surface area contributed by atoms with Crippen LogP contribution in [0.25, 0.3) is 0 Å². The smallest absolute Gasteiger partial charge is 0.230 e. The third-order valence-electron chi connectivity index (χ3n) is 3.68. The van der Waals surface area contributed by atoms with Gasteiger partial charge in [0.1, 0.15) is 5.82 Å². The van der Waals surface area contributed by atoms with Crippen molar-refractivity contribution in [2.45, 2.75) is 32.1 Å². The molecule has 0 bridgehead atoms. The molecule has 4 nitrogen and oxygen atoms in total. The van der Waals surface area contributed by atoms with Gasteiger partial charge in [0.05, 0.1) is 17.5 Å². The Hall–Kier alpha value is -1.95. The van der Waals surface area contributed by atoms with Crippen molar-refractivity contribution in [3.05, 3.63) is 59.9 Å². The molecular formula is C18H22FN3OS. The minimum absolute atomic E-state index is 0.0428. The summed E-state index contributed by atoms with van der Waals surface area (Å²) in [5, 5.41) is 3.13. The van der Waals surface area contributed by atoms with Crippen LogP contribution in [-0.4, -0.2) is 21.6 Å². The van der Waals surface area contributed by atoms with E-state index in [1.807, 2.05) is 20.8 Å². The SMILES string of the molecule is CC(C)[C@@H](NC(=O)CS[C@H](C)c1cnccn1)c1ccc(F)cc1. The third-order valence-corrected chi connectivity index (χ3v) is 4.85. The molecular weight excluding hydrogens is 325 g/mol. The average Bonchev–Trinajstić information content (AvgIpc) is 2.59. The monoisotopic (exact) mass is 347 g/mol. The number of nitrogens with zero attached hydrogens (tertiary/aromatic N) is 2. The molecule has 0 aliphatic heterocycles. The molecule has 0 radical (unpaired) electrons. The van der Waals surface area contributed by atoms with Gasteiger partial charge < -0.3 is 5.32 Å². The number of carbonyl (C=O) groups excluding carboxylic acids is 1. The predicted octanol–water partition coefficient (Wildman–Crippen LogP) is 3.92. The summed E-state index contributed by atoms with van der Waals surface area (Å²) in [4.78, 5) is 20.6. The first-order valence-electron chi connectivity index (χ1n) is 7.89. The van der Waals surface area contributed by atoms with Gasteiger partial charge in [-0.3, -0.25) is 14.8 Å². The van der Waals surface area contributed by atoms with E-state index in [0.29, 0.717) is 5.75 Å². The molecule has 6 heteroatoms. The Morgan fingerprint density at radius 2 is 1.92 bits per heavy atom. The summed E-state index contributed by atoms with van der Waals surface area (Å²) in [5.74, 6) is 0.226. The van der Waals surface area contributed by atoms with Crippen molar-refractivity contribution in [3.8, 4) is 0 Å². The van der Waals surface area contributed by atoms with Gasteiger partial charge in [-0.1, -0.05) is 26.0 Å². The second kappa shape index (κ2) is 8.78. The number of hydrogen-bond acceptors (Lipinski definition) is 4. The van der Waals surface area contributed by atoms with Crippen molar-refractivity contribution < 1.29 is 9.18 Å². The maximum atomic E-state index is 13.1. The number of aromatic nitrogens is 2. The first-order valence-corrected chi connectivity index (χ1v) is 8.94. The summed E-state index contributed by atoms with van der Waals surface area (Å²) in [6, 6.07) is 6.14. The molecule has 0 saturated heterocycles. The second-order valence-corrected chi connectivity index (χ2v) is 7.25. The number of hydrogen-bond donors (Lipinski definition) is 1. The van der Waals surface area contributed by atoms with Crippen LogP contribution in [0.15, 0.2) is 42.9 Å². The Morgan fingerprint density at radius 3 is 2.50 bits per heavy atom. The number of nitrogens with one attached hydrogen (secondary N) is 1. The van der Waals surface area contributed by atoms with E-state index in [1.54, 1.807) is 30.7 Å². The van der Waals surface area contributed by atoms with Gasteiger partial charge in [0.15, 0.2) is 0 Å². The van der Waals surface area contributed by atoms with Crippen molar-refractivity contribution in [2.75, 3.05) is 5.75 Å². The molecule has 2 aromatic rings. The van der Waals surface area contributed by atoms with Gasteiger partial charge in [0.25, 0.3) is 0 Å². The molecule has 0 fully saturated rings. The minimum atomic E-state index is -0.277. The average molecular weight is 347 g/mol. The number of halogens is 1. The van der Waals surface area contributed by atoms with E-state index in [9.17, 15) is 9.18 Å². The quantitative estimate of drug-likeness (QED) is 0.825. The van der Waals surface area contributed by atoms with Gasteiger partial charge in [0, 0.05) is 23.8 Å². The standard InChI is InChI=1S/C18H22FN3OS/c1-12(2)18(14-4-6-15(19)7-5-14)22-17(23)11-24-13(3)16-10-20-8-9-21-16/h4-10,12-13,18H,11H2,1-3H3,(H,22,23)/t13-,18-/m1/s1. The minimum Gasteiger partial charge on any atom is -0.348 e. The molecule has 0 aliphatic carbocycles. The van der Waals surface area contributed by atoms with Gasteiger partial charge in [-0.15, -0.1) is 11.8 Å². The fourth-order valence-corrected chi connectivity index (χ4v) is 3.10. The van der Waals surface area contributed by atoms with Crippen LogP contribution >= 0.6 is 11.8 Å². The number of thioether (sulfide) groups is 1. The van der Waals surface area contributed by atoms with Gasteiger partial charge in [-0.25, -0.2) is 4.39 Å². The Kier molecular flexibility index (Phi) is 6.73. The van der Waals surface area contributed by atoms with Gasteiger partial charge in [-0.05, 0) is 30.5 Å². The van der Waals surface area contributed by atoms with Crippen LogP contribution in [-0.2, 0) is 4.79 Å². The highest BCUT2D eigenvalue weighted by molar-refractivity contribution is 8.00. The largest absolute Gasteiger partial charge is 0.348 e. The Labute approximate surface area is 146 Å². The lowest BCUT2D eigenvalue weighted by molar-refractivity contribution is -0.119.